The Bertz CT molecular complexity index is 204. The zero-order valence-corrected chi connectivity index (χ0v) is 8.75. The molecule has 1 unspecified atom stereocenters. The summed E-state index contributed by atoms with van der Waals surface area (Å²) in [5.74, 6) is -0.559. The Balaban J connectivity index is 3.97. The van der Waals surface area contributed by atoms with Crippen molar-refractivity contribution < 1.29 is 9.59 Å². The van der Waals surface area contributed by atoms with E-state index in [1.54, 1.807) is 0 Å². The van der Waals surface area contributed by atoms with Gasteiger partial charge < -0.3 is 16.8 Å². The fraction of sp³-hybridized carbons (Fsp3) is 0.778. The van der Waals surface area contributed by atoms with E-state index in [9.17, 15) is 9.59 Å². The molecule has 2 amide bonds. The molecular weight excluding hydrogens is 182 g/mol. The number of hydrogen-bond donors (Lipinski definition) is 3. The van der Waals surface area contributed by atoms with Crippen molar-refractivity contribution in [3.63, 3.8) is 0 Å². The number of rotatable bonds is 6. The highest BCUT2D eigenvalue weighted by atomic mass is 16.2. The van der Waals surface area contributed by atoms with Crippen LogP contribution < -0.4 is 16.8 Å². The SMILES string of the molecule is CC(C)CC(CN)C(=O)NCC(N)=O. The van der Waals surface area contributed by atoms with Gasteiger partial charge in [-0.05, 0) is 12.3 Å². The van der Waals surface area contributed by atoms with Gasteiger partial charge in [-0.25, -0.2) is 0 Å². The second kappa shape index (κ2) is 6.37. The van der Waals surface area contributed by atoms with Crippen molar-refractivity contribution in [3.05, 3.63) is 0 Å². The molecule has 0 aromatic heterocycles. The van der Waals surface area contributed by atoms with Gasteiger partial charge in [0.2, 0.25) is 11.8 Å². The molecule has 5 heteroatoms. The number of nitrogens with one attached hydrogen (secondary N) is 1. The van der Waals surface area contributed by atoms with Gasteiger partial charge in [-0.3, -0.25) is 9.59 Å². The summed E-state index contributed by atoms with van der Waals surface area (Å²) >= 11 is 0. The summed E-state index contributed by atoms with van der Waals surface area (Å²) in [6.45, 7) is 4.21. The normalized spacial score (nSPS) is 12.6. The molecule has 0 radical (unpaired) electrons. The first-order valence-corrected chi connectivity index (χ1v) is 4.73. The van der Waals surface area contributed by atoms with Crippen LogP contribution in [-0.2, 0) is 9.59 Å². The van der Waals surface area contributed by atoms with Crippen molar-refractivity contribution in [3.8, 4) is 0 Å². The van der Waals surface area contributed by atoms with Gasteiger partial charge in [0.1, 0.15) is 0 Å². The largest absolute Gasteiger partial charge is 0.368 e. The van der Waals surface area contributed by atoms with Gasteiger partial charge >= 0.3 is 0 Å². The molecule has 0 rings (SSSR count). The lowest BCUT2D eigenvalue weighted by Crippen LogP contribution is -2.40. The summed E-state index contributed by atoms with van der Waals surface area (Å²) in [6, 6.07) is 0. The molecule has 0 aromatic rings. The lowest BCUT2D eigenvalue weighted by atomic mass is 9.96. The lowest BCUT2D eigenvalue weighted by molar-refractivity contribution is -0.127. The van der Waals surface area contributed by atoms with Crippen LogP contribution in [0.3, 0.4) is 0 Å². The van der Waals surface area contributed by atoms with Crippen LogP contribution in [0.2, 0.25) is 0 Å². The van der Waals surface area contributed by atoms with Gasteiger partial charge in [0.25, 0.3) is 0 Å². The van der Waals surface area contributed by atoms with Gasteiger partial charge in [0.15, 0.2) is 0 Å². The van der Waals surface area contributed by atoms with E-state index >= 15 is 0 Å². The van der Waals surface area contributed by atoms with Crippen molar-refractivity contribution in [2.24, 2.45) is 23.3 Å². The van der Waals surface area contributed by atoms with E-state index in [1.807, 2.05) is 13.8 Å². The van der Waals surface area contributed by atoms with Crippen molar-refractivity contribution in [2.45, 2.75) is 20.3 Å². The average molecular weight is 201 g/mol. The average Bonchev–Trinajstić information content (AvgIpc) is 2.09. The van der Waals surface area contributed by atoms with E-state index in [2.05, 4.69) is 5.32 Å². The van der Waals surface area contributed by atoms with Crippen LogP contribution in [0, 0.1) is 11.8 Å². The standard InChI is InChI=1S/C9H19N3O2/c1-6(2)3-7(4-10)9(14)12-5-8(11)13/h6-7H,3-5,10H2,1-2H3,(H2,11,13)(H,12,14). The Morgan fingerprint density at radius 3 is 2.29 bits per heavy atom. The van der Waals surface area contributed by atoms with Crippen molar-refractivity contribution in [1.82, 2.24) is 5.32 Å². The fourth-order valence-corrected chi connectivity index (χ4v) is 1.20. The molecule has 0 aromatic carbocycles. The number of nitrogens with two attached hydrogens (primary N) is 2. The lowest BCUT2D eigenvalue weighted by Gasteiger charge is -2.15. The van der Waals surface area contributed by atoms with Crippen LogP contribution >= 0.6 is 0 Å². The van der Waals surface area contributed by atoms with Crippen molar-refractivity contribution in [1.29, 1.82) is 0 Å². The first kappa shape index (κ1) is 12.9. The zero-order valence-electron chi connectivity index (χ0n) is 8.75. The Hall–Kier alpha value is -1.10. The zero-order chi connectivity index (χ0) is 11.1. The number of carbonyl (C=O) groups is 2. The quantitative estimate of drug-likeness (QED) is 0.525. The van der Waals surface area contributed by atoms with Crippen LogP contribution in [0.5, 0.6) is 0 Å². The maximum atomic E-state index is 11.4. The van der Waals surface area contributed by atoms with Crippen molar-refractivity contribution in [2.75, 3.05) is 13.1 Å². The molecule has 5 N–H and O–H groups in total. The van der Waals surface area contributed by atoms with E-state index in [4.69, 9.17) is 11.5 Å². The summed E-state index contributed by atoms with van der Waals surface area (Å²) < 4.78 is 0. The highest BCUT2D eigenvalue weighted by Crippen LogP contribution is 2.10. The molecule has 0 aliphatic heterocycles. The van der Waals surface area contributed by atoms with E-state index < -0.39 is 5.91 Å². The van der Waals surface area contributed by atoms with Crippen LogP contribution in [0.25, 0.3) is 0 Å². The first-order chi connectivity index (χ1) is 6.47. The van der Waals surface area contributed by atoms with Crippen LogP contribution in [-0.4, -0.2) is 24.9 Å². The molecule has 0 spiro atoms. The molecule has 0 heterocycles. The highest BCUT2D eigenvalue weighted by molar-refractivity contribution is 5.85. The Labute approximate surface area is 84.2 Å². The Kier molecular flexibility index (Phi) is 5.87. The van der Waals surface area contributed by atoms with Crippen molar-refractivity contribution >= 4 is 11.8 Å². The van der Waals surface area contributed by atoms with Gasteiger partial charge in [0.05, 0.1) is 12.5 Å². The predicted octanol–water partition coefficient (Wildman–Crippen LogP) is -0.791. The summed E-state index contributed by atoms with van der Waals surface area (Å²) in [4.78, 5) is 21.8. The number of hydrogen-bond acceptors (Lipinski definition) is 3. The summed E-state index contributed by atoms with van der Waals surface area (Å²) in [5, 5.41) is 2.44. The second-order valence-corrected chi connectivity index (χ2v) is 3.75. The summed E-state index contributed by atoms with van der Waals surface area (Å²) in [5.41, 5.74) is 10.4. The summed E-state index contributed by atoms with van der Waals surface area (Å²) in [7, 11) is 0. The minimum atomic E-state index is -0.543. The molecule has 1 atom stereocenters. The van der Waals surface area contributed by atoms with E-state index in [-0.39, 0.29) is 18.4 Å². The molecule has 0 aliphatic carbocycles. The monoisotopic (exact) mass is 201 g/mol. The first-order valence-electron chi connectivity index (χ1n) is 4.73. The molecule has 0 saturated carbocycles. The van der Waals surface area contributed by atoms with Crippen LogP contribution in [0.15, 0.2) is 0 Å². The molecule has 0 saturated heterocycles. The van der Waals surface area contributed by atoms with Crippen LogP contribution in [0.4, 0.5) is 0 Å². The van der Waals surface area contributed by atoms with Crippen LogP contribution in [0.1, 0.15) is 20.3 Å². The summed E-state index contributed by atoms with van der Waals surface area (Å²) in [6.07, 6.45) is 0.723. The third-order valence-corrected chi connectivity index (χ3v) is 1.85. The molecule has 82 valence electrons. The highest BCUT2D eigenvalue weighted by Gasteiger charge is 2.17. The Morgan fingerprint density at radius 2 is 1.93 bits per heavy atom. The smallest absolute Gasteiger partial charge is 0.236 e. The molecule has 0 fully saturated rings. The van der Waals surface area contributed by atoms with E-state index in [0.717, 1.165) is 6.42 Å². The fourth-order valence-electron chi connectivity index (χ4n) is 1.20. The number of carbonyl (C=O) groups excluding carboxylic acids is 2. The Morgan fingerprint density at radius 1 is 1.36 bits per heavy atom. The van der Waals surface area contributed by atoms with Gasteiger partial charge in [0, 0.05) is 6.54 Å². The van der Waals surface area contributed by atoms with E-state index in [0.29, 0.717) is 12.5 Å². The molecule has 5 nitrogen and oxygen atoms in total. The third kappa shape index (κ3) is 5.53. The number of amides is 2. The minimum absolute atomic E-state index is 0.118. The topological polar surface area (TPSA) is 98.2 Å². The van der Waals surface area contributed by atoms with Gasteiger partial charge in [-0.2, -0.15) is 0 Å². The van der Waals surface area contributed by atoms with Gasteiger partial charge in [-0.1, -0.05) is 13.8 Å². The molecule has 0 bridgehead atoms. The molecule has 14 heavy (non-hydrogen) atoms. The second-order valence-electron chi connectivity index (χ2n) is 3.75. The third-order valence-electron chi connectivity index (χ3n) is 1.85. The maximum absolute atomic E-state index is 11.4. The predicted molar refractivity (Wildman–Crippen MR) is 54.2 cm³/mol. The molecule has 0 aliphatic rings. The minimum Gasteiger partial charge on any atom is -0.368 e. The maximum Gasteiger partial charge on any atom is 0.236 e. The molecular formula is C9H19N3O2. The van der Waals surface area contributed by atoms with E-state index in [1.165, 1.54) is 0 Å². The van der Waals surface area contributed by atoms with Gasteiger partial charge in [-0.15, -0.1) is 0 Å². The number of primary amides is 1.